The maximum Gasteiger partial charge on any atom is 0.447 e. The molecule has 4 atom stereocenters. The molecule has 2 amide bonds. The van der Waals surface area contributed by atoms with Crippen LogP contribution in [-0.4, -0.2) is 89.3 Å². The Morgan fingerprint density at radius 3 is 2.67 bits per heavy atom. The number of thioether (sulfide) groups is 1. The minimum Gasteiger partial charge on any atom is -0.495 e. The number of hydrogen-bond acceptors (Lipinski definition) is 8. The van der Waals surface area contributed by atoms with Gasteiger partial charge in [0.1, 0.15) is 11.9 Å². The summed E-state index contributed by atoms with van der Waals surface area (Å²) in [6.07, 6.45) is 1.27. The summed E-state index contributed by atoms with van der Waals surface area (Å²) in [6, 6.07) is 9.24. The van der Waals surface area contributed by atoms with Gasteiger partial charge in [0, 0.05) is 61.0 Å². The molecule has 2 fully saturated rings. The van der Waals surface area contributed by atoms with Crippen LogP contribution in [0.4, 0.5) is 28.9 Å². The Labute approximate surface area is 266 Å². The van der Waals surface area contributed by atoms with E-state index in [9.17, 15) is 22.8 Å². The summed E-state index contributed by atoms with van der Waals surface area (Å²) in [7, 11) is 1.47. The number of nitrogens with zero attached hydrogens (tertiary/aromatic N) is 3. The number of piperidine rings is 1. The van der Waals surface area contributed by atoms with Crippen molar-refractivity contribution >= 4 is 52.4 Å². The molecule has 0 spiro atoms. The molecule has 7 rings (SSSR count). The number of aromatic nitrogens is 1. The molecule has 4 aliphatic rings. The third-order valence-corrected chi connectivity index (χ3v) is 10.1. The van der Waals surface area contributed by atoms with Crippen molar-refractivity contribution in [2.45, 2.75) is 42.1 Å². The van der Waals surface area contributed by atoms with Crippen LogP contribution in [0.3, 0.4) is 0 Å². The number of carbonyl (C=O) groups excluding carboxylic acids is 2. The molecular weight excluding hydrogens is 632 g/mol. The van der Waals surface area contributed by atoms with Gasteiger partial charge in [-0.15, -0.1) is 0 Å². The number of hydrogen-bond donors (Lipinski definition) is 3. The minimum atomic E-state index is -4.55. The van der Waals surface area contributed by atoms with E-state index in [1.165, 1.54) is 23.5 Å². The smallest absolute Gasteiger partial charge is 0.447 e. The number of halogens is 4. The van der Waals surface area contributed by atoms with Gasteiger partial charge in [0.15, 0.2) is 0 Å². The van der Waals surface area contributed by atoms with E-state index in [2.05, 4.69) is 20.3 Å². The number of anilines is 2. The van der Waals surface area contributed by atoms with Crippen LogP contribution in [0.5, 0.6) is 5.75 Å². The molecule has 1 aromatic carbocycles. The Morgan fingerprint density at radius 2 is 1.89 bits per heavy atom. The fraction of sp³-hybridized carbons (Fsp3) is 0.467. The number of fused-ring (bicyclic) bond motifs is 7. The van der Waals surface area contributed by atoms with Crippen LogP contribution in [0.1, 0.15) is 28.8 Å². The SMILES string of the molecule is COc1ccc2cc1NCc1cc3c(cccn3c1SC(F)(F)F)N[C@@H]1CCN(C[C@@H]1F)C(=O)[C@@H]1CCN(CCSNC2=O)C1. The predicted molar refractivity (Wildman–Crippen MR) is 168 cm³/mol. The van der Waals surface area contributed by atoms with E-state index in [1.54, 1.807) is 47.5 Å². The average molecular weight is 667 g/mol. The van der Waals surface area contributed by atoms with E-state index in [0.717, 1.165) is 6.54 Å². The van der Waals surface area contributed by atoms with E-state index in [1.807, 2.05) is 0 Å². The summed E-state index contributed by atoms with van der Waals surface area (Å²) in [5.74, 6) is 0.472. The first-order chi connectivity index (χ1) is 21.6. The summed E-state index contributed by atoms with van der Waals surface area (Å²) in [6.45, 7) is 2.39. The largest absolute Gasteiger partial charge is 0.495 e. The van der Waals surface area contributed by atoms with Crippen LogP contribution >= 0.6 is 23.7 Å². The van der Waals surface area contributed by atoms with Crippen LogP contribution in [0.25, 0.3) is 5.52 Å². The monoisotopic (exact) mass is 666 g/mol. The van der Waals surface area contributed by atoms with Crippen LogP contribution in [-0.2, 0) is 11.3 Å². The lowest BCUT2D eigenvalue weighted by atomic mass is 9.99. The molecule has 2 saturated heterocycles. The van der Waals surface area contributed by atoms with Crippen LogP contribution < -0.4 is 20.1 Å². The topological polar surface area (TPSA) is 90.3 Å². The Bertz CT molecular complexity index is 1570. The lowest BCUT2D eigenvalue weighted by Gasteiger charge is -2.36. The number of carbonyl (C=O) groups is 2. The highest BCUT2D eigenvalue weighted by atomic mass is 32.2. The maximum atomic E-state index is 15.6. The van der Waals surface area contributed by atoms with E-state index < -0.39 is 17.7 Å². The molecule has 0 radical (unpaired) electrons. The Balaban J connectivity index is 1.34. The zero-order chi connectivity index (χ0) is 31.7. The average Bonchev–Trinajstić information content (AvgIpc) is 3.62. The number of alkyl halides is 4. The molecule has 45 heavy (non-hydrogen) atoms. The molecule has 0 saturated carbocycles. The molecule has 6 heterocycles. The number of pyridine rings is 1. The third kappa shape index (κ3) is 7.09. The van der Waals surface area contributed by atoms with Crippen LogP contribution in [0.2, 0.25) is 0 Å². The van der Waals surface area contributed by atoms with E-state index >= 15 is 4.39 Å². The van der Waals surface area contributed by atoms with Crippen molar-refractivity contribution in [1.29, 1.82) is 0 Å². The molecule has 15 heteroatoms. The highest BCUT2D eigenvalue weighted by Gasteiger charge is 2.37. The molecule has 242 valence electrons. The van der Waals surface area contributed by atoms with Crippen LogP contribution in [0, 0.1) is 5.92 Å². The Hall–Kier alpha value is -3.30. The van der Waals surface area contributed by atoms with E-state index in [0.29, 0.717) is 72.0 Å². The number of benzene rings is 1. The molecule has 3 aromatic rings. The minimum absolute atomic E-state index is 0.00104. The van der Waals surface area contributed by atoms with Crippen molar-refractivity contribution in [3.8, 4) is 5.75 Å². The van der Waals surface area contributed by atoms with Gasteiger partial charge in [-0.1, -0.05) is 0 Å². The first kappa shape index (κ1) is 31.7. The molecule has 4 aliphatic heterocycles. The van der Waals surface area contributed by atoms with E-state index in [-0.39, 0.29) is 47.6 Å². The maximum absolute atomic E-state index is 15.6. The molecule has 0 aliphatic carbocycles. The quantitative estimate of drug-likeness (QED) is 0.195. The summed E-state index contributed by atoms with van der Waals surface area (Å²) in [5, 5.41) is 6.36. The second kappa shape index (κ2) is 13.2. The number of methoxy groups -OCH3 is 1. The number of amides is 2. The van der Waals surface area contributed by atoms with Gasteiger partial charge >= 0.3 is 5.51 Å². The predicted octanol–water partition coefficient (Wildman–Crippen LogP) is 5.24. The van der Waals surface area contributed by atoms with Crippen molar-refractivity contribution < 1.29 is 31.9 Å². The second-order valence-electron chi connectivity index (χ2n) is 11.4. The molecule has 2 aromatic heterocycles. The summed E-state index contributed by atoms with van der Waals surface area (Å²) < 4.78 is 66.6. The van der Waals surface area contributed by atoms with Gasteiger partial charge in [0.25, 0.3) is 5.91 Å². The molecular formula is C30H34F4N6O3S2. The normalized spacial score (nSPS) is 24.8. The standard InChI is InChI=1S/C30H34F4N6O3S2/c1-43-26-5-4-18-13-24(26)35-15-20-14-25-23(3-2-8-40(25)29(20)45-30(32,33)34)36-22-7-10-39(17-21(22)31)28(42)19-6-9-38(16-19)11-12-44-37-27(18)41/h2-5,8,13-14,19,21-22,35-36H,6-7,9-12,15-17H2,1H3,(H,37,41)/t19-,21+,22-/m1/s1. The number of rotatable bonds is 2. The zero-order valence-corrected chi connectivity index (χ0v) is 26.2. The van der Waals surface area contributed by atoms with Crippen LogP contribution in [0.15, 0.2) is 47.6 Å². The van der Waals surface area contributed by atoms with Gasteiger partial charge in [0.05, 0.1) is 47.5 Å². The highest BCUT2D eigenvalue weighted by molar-refractivity contribution is 8.00. The number of ether oxygens (including phenoxy) is 1. The lowest BCUT2D eigenvalue weighted by Crippen LogP contribution is -2.51. The molecule has 8 bridgehead atoms. The van der Waals surface area contributed by atoms with Gasteiger partial charge in [-0.25, -0.2) is 4.39 Å². The fourth-order valence-corrected chi connectivity index (χ4v) is 7.63. The van der Waals surface area contributed by atoms with Crippen molar-refractivity contribution in [2.24, 2.45) is 5.92 Å². The summed E-state index contributed by atoms with van der Waals surface area (Å²) >= 11 is 1.04. The zero-order valence-electron chi connectivity index (χ0n) is 24.5. The van der Waals surface area contributed by atoms with Gasteiger partial charge < -0.3 is 29.6 Å². The summed E-state index contributed by atoms with van der Waals surface area (Å²) in [5.41, 5.74) is -2.42. The second-order valence-corrected chi connectivity index (χ2v) is 13.3. The molecule has 9 nitrogen and oxygen atoms in total. The number of nitrogens with one attached hydrogen (secondary N) is 3. The first-order valence-corrected chi connectivity index (χ1v) is 16.5. The van der Waals surface area contributed by atoms with Crippen molar-refractivity contribution in [3.63, 3.8) is 0 Å². The molecule has 3 N–H and O–H groups in total. The Morgan fingerprint density at radius 1 is 1.04 bits per heavy atom. The van der Waals surface area contributed by atoms with Crippen molar-refractivity contribution in [2.75, 3.05) is 56.2 Å². The lowest BCUT2D eigenvalue weighted by molar-refractivity contribution is -0.137. The van der Waals surface area contributed by atoms with Gasteiger partial charge in [-0.05, 0) is 67.7 Å². The summed E-state index contributed by atoms with van der Waals surface area (Å²) in [4.78, 5) is 30.0. The first-order valence-electron chi connectivity index (χ1n) is 14.7. The third-order valence-electron chi connectivity index (χ3n) is 8.47. The van der Waals surface area contributed by atoms with Crippen molar-refractivity contribution in [1.82, 2.24) is 18.9 Å². The van der Waals surface area contributed by atoms with Gasteiger partial charge in [-0.3, -0.25) is 14.3 Å². The van der Waals surface area contributed by atoms with E-state index in [4.69, 9.17) is 4.74 Å². The van der Waals surface area contributed by atoms with Gasteiger partial charge in [-0.2, -0.15) is 13.2 Å². The Kier molecular flexibility index (Phi) is 9.29. The molecule has 1 unspecified atom stereocenters. The highest BCUT2D eigenvalue weighted by Crippen LogP contribution is 2.41. The van der Waals surface area contributed by atoms with Crippen molar-refractivity contribution in [3.05, 3.63) is 53.7 Å². The fourth-order valence-electron chi connectivity index (χ4n) is 6.19. The van der Waals surface area contributed by atoms with Gasteiger partial charge in [0.2, 0.25) is 5.91 Å².